The van der Waals surface area contributed by atoms with Gasteiger partial charge in [-0.2, -0.15) is 13.2 Å². The van der Waals surface area contributed by atoms with Crippen LogP contribution in [0.1, 0.15) is 58.8 Å². The van der Waals surface area contributed by atoms with E-state index in [1.54, 1.807) is 42.3 Å². The molecule has 1 atom stereocenters. The molecule has 5 nitrogen and oxygen atoms in total. The van der Waals surface area contributed by atoms with E-state index in [1.807, 2.05) is 6.92 Å². The lowest BCUT2D eigenvalue weighted by Gasteiger charge is -2.29. The number of amides is 1. The highest BCUT2D eigenvalue weighted by molar-refractivity contribution is 6.35. The minimum absolute atomic E-state index is 0.00562. The number of hydrogen-bond donors (Lipinski definition) is 0. The largest absolute Gasteiger partial charge is 0.435 e. The van der Waals surface area contributed by atoms with Gasteiger partial charge in [0.05, 0.1) is 15.8 Å². The normalized spacial score (nSPS) is 17.0. The van der Waals surface area contributed by atoms with Crippen molar-refractivity contribution >= 4 is 46.4 Å². The summed E-state index contributed by atoms with van der Waals surface area (Å²) in [6.45, 7) is 4.55. The van der Waals surface area contributed by atoms with Crippen molar-refractivity contribution in [2.45, 2.75) is 51.4 Å². The lowest BCUT2D eigenvalue weighted by molar-refractivity contribution is -0.275. The zero-order chi connectivity index (χ0) is 29.2. The maximum atomic E-state index is 14.4. The van der Waals surface area contributed by atoms with Crippen molar-refractivity contribution in [3.8, 4) is 0 Å². The summed E-state index contributed by atoms with van der Waals surface area (Å²) in [7, 11) is 0. The molecular formula is C28H24Cl3F4N3O2. The molecule has 1 aromatic heterocycles. The van der Waals surface area contributed by atoms with E-state index in [0.717, 1.165) is 30.5 Å². The summed E-state index contributed by atoms with van der Waals surface area (Å²) in [6.07, 6.45) is -2.35. The molecule has 0 fully saturated rings. The predicted molar refractivity (Wildman–Crippen MR) is 146 cm³/mol. The summed E-state index contributed by atoms with van der Waals surface area (Å²) in [6, 6.07) is 9.80. The lowest BCUT2D eigenvalue weighted by atomic mass is 9.86. The van der Waals surface area contributed by atoms with Crippen LogP contribution in [0.2, 0.25) is 15.2 Å². The average Bonchev–Trinajstić information content (AvgIpc) is 3.37. The van der Waals surface area contributed by atoms with Gasteiger partial charge in [-0.05, 0) is 60.4 Å². The number of nitrogens with zero attached hydrogens (tertiary/aromatic N) is 3. The number of carbonyl (C=O) groups excluding carboxylic acids is 1. The number of alkyl halides is 3. The molecule has 0 aliphatic carbocycles. The van der Waals surface area contributed by atoms with E-state index >= 15 is 0 Å². The van der Waals surface area contributed by atoms with Crippen LogP contribution < -0.4 is 0 Å². The van der Waals surface area contributed by atoms with Crippen molar-refractivity contribution in [1.82, 2.24) is 9.88 Å². The number of aromatic nitrogens is 1. The quantitative estimate of drug-likeness (QED) is 0.145. The maximum absolute atomic E-state index is 14.4. The Labute approximate surface area is 243 Å². The summed E-state index contributed by atoms with van der Waals surface area (Å²) in [4.78, 5) is 24.3. The van der Waals surface area contributed by atoms with Gasteiger partial charge in [0.2, 0.25) is 0 Å². The van der Waals surface area contributed by atoms with Crippen LogP contribution in [0.4, 0.5) is 17.6 Å². The number of halogens is 7. The molecule has 2 heterocycles. The van der Waals surface area contributed by atoms with Crippen LogP contribution in [0, 0.1) is 12.7 Å². The third-order valence-corrected chi connectivity index (χ3v) is 7.43. The van der Waals surface area contributed by atoms with Gasteiger partial charge in [-0.15, -0.1) is 0 Å². The number of rotatable bonds is 8. The number of pyridine rings is 1. The third kappa shape index (κ3) is 6.06. The number of carbonyl (C=O) groups is 1. The Morgan fingerprint density at radius 3 is 2.38 bits per heavy atom. The molecule has 2 aromatic carbocycles. The lowest BCUT2D eigenvalue weighted by Crippen LogP contribution is -2.42. The van der Waals surface area contributed by atoms with Gasteiger partial charge in [0.25, 0.3) is 11.5 Å². The molecule has 1 aliphatic rings. The summed E-state index contributed by atoms with van der Waals surface area (Å²) in [5, 5.41) is 2.96. The highest BCUT2D eigenvalue weighted by Gasteiger charge is 2.62. The van der Waals surface area contributed by atoms with E-state index in [-0.39, 0.29) is 11.6 Å². The second-order valence-corrected chi connectivity index (χ2v) is 10.7. The molecule has 1 amide bonds. The molecule has 0 bridgehead atoms. The Morgan fingerprint density at radius 1 is 1.10 bits per heavy atom. The number of hydrogen-bond acceptors (Lipinski definition) is 4. The van der Waals surface area contributed by atoms with E-state index in [9.17, 15) is 22.4 Å². The fraction of sp³-hybridized carbons (Fsp3) is 0.321. The standard InChI is InChI=1S/C28H24Cl3F4N3O2/c1-3-4-9-38(15-17-5-8-24(31)36-14-17)26(39)20-7-6-18(10-16(20)2)23-13-27(40-37-23,28(33,34)35)19-11-21(29)25(32)22(30)12-19/h5-8,10-12,14H,3-4,9,13,15H2,1-2H3. The Balaban J connectivity index is 1.60. The van der Waals surface area contributed by atoms with Crippen LogP contribution in [-0.4, -0.2) is 34.2 Å². The summed E-state index contributed by atoms with van der Waals surface area (Å²) >= 11 is 17.4. The molecule has 0 N–H and O–H groups in total. The second-order valence-electron chi connectivity index (χ2n) is 9.48. The second kappa shape index (κ2) is 11.9. The Kier molecular flexibility index (Phi) is 8.97. The van der Waals surface area contributed by atoms with E-state index in [4.69, 9.17) is 39.6 Å². The Morgan fingerprint density at radius 2 is 1.80 bits per heavy atom. The van der Waals surface area contributed by atoms with E-state index in [1.165, 1.54) is 6.07 Å². The zero-order valence-corrected chi connectivity index (χ0v) is 23.7. The van der Waals surface area contributed by atoms with Crippen LogP contribution in [0.15, 0.2) is 53.8 Å². The van der Waals surface area contributed by atoms with Crippen LogP contribution in [0.5, 0.6) is 0 Å². The molecule has 3 aromatic rings. The summed E-state index contributed by atoms with van der Waals surface area (Å²) < 4.78 is 57.0. The van der Waals surface area contributed by atoms with Gasteiger partial charge in [0, 0.05) is 36.8 Å². The van der Waals surface area contributed by atoms with Gasteiger partial charge in [-0.3, -0.25) is 4.79 Å². The monoisotopic (exact) mass is 615 g/mol. The molecule has 4 rings (SSSR count). The number of aryl methyl sites for hydroxylation is 1. The molecule has 1 aliphatic heterocycles. The van der Waals surface area contributed by atoms with Crippen molar-refractivity contribution in [1.29, 1.82) is 0 Å². The highest BCUT2D eigenvalue weighted by Crippen LogP contribution is 2.50. The first-order valence-corrected chi connectivity index (χ1v) is 13.5. The van der Waals surface area contributed by atoms with E-state index in [0.29, 0.717) is 34.9 Å². The third-order valence-electron chi connectivity index (χ3n) is 6.66. The first-order valence-electron chi connectivity index (χ1n) is 12.3. The summed E-state index contributed by atoms with van der Waals surface area (Å²) in [5.41, 5.74) is -1.26. The molecule has 212 valence electrons. The van der Waals surface area contributed by atoms with Gasteiger partial charge in [0.1, 0.15) is 5.15 Å². The maximum Gasteiger partial charge on any atom is 0.435 e. The molecule has 0 saturated carbocycles. The minimum atomic E-state index is -4.93. The van der Waals surface area contributed by atoms with Crippen LogP contribution in [0.3, 0.4) is 0 Å². The molecule has 0 spiro atoms. The number of benzene rings is 2. The zero-order valence-electron chi connectivity index (χ0n) is 21.5. The minimum Gasteiger partial charge on any atom is -0.374 e. The van der Waals surface area contributed by atoms with Crippen LogP contribution in [0.25, 0.3) is 0 Å². The predicted octanol–water partition coefficient (Wildman–Crippen LogP) is 8.51. The number of oxime groups is 1. The number of unbranched alkanes of at least 4 members (excludes halogenated alkanes) is 1. The summed E-state index contributed by atoms with van der Waals surface area (Å²) in [5.74, 6) is -1.25. The highest BCUT2D eigenvalue weighted by atomic mass is 35.5. The molecule has 1 unspecified atom stereocenters. The van der Waals surface area contributed by atoms with Crippen molar-refractivity contribution in [2.75, 3.05) is 6.54 Å². The Hall–Kier alpha value is -2.88. The van der Waals surface area contributed by atoms with Crippen molar-refractivity contribution in [3.63, 3.8) is 0 Å². The fourth-order valence-corrected chi connectivity index (χ4v) is 5.02. The van der Waals surface area contributed by atoms with Gasteiger partial charge < -0.3 is 9.74 Å². The molecule has 40 heavy (non-hydrogen) atoms. The molecule has 12 heteroatoms. The first kappa shape index (κ1) is 30.1. The van der Waals surface area contributed by atoms with Gasteiger partial charge in [-0.1, -0.05) is 65.4 Å². The molecule has 0 saturated heterocycles. The van der Waals surface area contributed by atoms with Gasteiger partial charge in [-0.25, -0.2) is 9.37 Å². The SMILES string of the molecule is CCCCN(Cc1ccc(Cl)nc1)C(=O)c1ccc(C2=NOC(c3cc(Cl)c(F)c(Cl)c3)(C(F)(F)F)C2)cc1C. The fourth-order valence-electron chi connectivity index (χ4n) is 4.42. The average molecular weight is 617 g/mol. The smallest absolute Gasteiger partial charge is 0.374 e. The van der Waals surface area contributed by atoms with Crippen LogP contribution >= 0.6 is 34.8 Å². The van der Waals surface area contributed by atoms with Crippen molar-refractivity contribution in [2.24, 2.45) is 5.16 Å². The van der Waals surface area contributed by atoms with E-state index in [2.05, 4.69) is 10.1 Å². The Bertz CT molecular complexity index is 1420. The molecular weight excluding hydrogens is 593 g/mol. The van der Waals surface area contributed by atoms with Crippen molar-refractivity contribution in [3.05, 3.63) is 97.5 Å². The molecule has 0 radical (unpaired) electrons. The first-order chi connectivity index (χ1) is 18.9. The van der Waals surface area contributed by atoms with Gasteiger partial charge >= 0.3 is 6.18 Å². The van der Waals surface area contributed by atoms with Crippen molar-refractivity contribution < 1.29 is 27.2 Å². The van der Waals surface area contributed by atoms with Gasteiger partial charge in [0.15, 0.2) is 5.82 Å². The topological polar surface area (TPSA) is 54.8 Å². The van der Waals surface area contributed by atoms with E-state index < -0.39 is 39.6 Å². The van der Waals surface area contributed by atoms with Crippen LogP contribution in [-0.2, 0) is 17.0 Å².